The lowest BCUT2D eigenvalue weighted by atomic mass is 10.8. The molecule has 0 unspecified atom stereocenters. The van der Waals surface area contributed by atoms with E-state index in [0.29, 0.717) is 6.61 Å². The largest absolute Gasteiger partial charge is 0.375 e. The minimum atomic E-state index is -2.29. The molecule has 0 aromatic carbocycles. The van der Waals surface area contributed by atoms with Gasteiger partial charge < -0.3 is 4.74 Å². The van der Waals surface area contributed by atoms with Crippen LogP contribution in [0.4, 0.5) is 0 Å². The highest BCUT2D eigenvalue weighted by atomic mass is 32.2. The molecule has 0 aromatic heterocycles. The molecule has 0 aliphatic rings. The zero-order valence-electron chi connectivity index (χ0n) is 4.66. The Hall–Kier alpha value is -0.0900. The van der Waals surface area contributed by atoms with Crippen molar-refractivity contribution in [3.8, 4) is 0 Å². The quantitative estimate of drug-likeness (QED) is 0.431. The SMILES string of the molecule is CCO[CH]C[SH](=O)=O. The average Bonchev–Trinajstić information content (AvgIpc) is 1.66. The van der Waals surface area contributed by atoms with Crippen molar-refractivity contribution in [2.75, 3.05) is 12.4 Å². The first-order chi connectivity index (χ1) is 3.77. The molecule has 0 N–H and O–H groups in total. The fourth-order valence-electron chi connectivity index (χ4n) is 0.231. The minimum Gasteiger partial charge on any atom is -0.375 e. The van der Waals surface area contributed by atoms with Crippen LogP contribution in [0.1, 0.15) is 6.92 Å². The molecule has 49 valence electrons. The van der Waals surface area contributed by atoms with Gasteiger partial charge in [-0.3, -0.25) is 0 Å². The van der Waals surface area contributed by atoms with Crippen molar-refractivity contribution in [2.24, 2.45) is 0 Å². The van der Waals surface area contributed by atoms with Gasteiger partial charge in [0, 0.05) is 6.61 Å². The van der Waals surface area contributed by atoms with Gasteiger partial charge in [0.25, 0.3) is 0 Å². The monoisotopic (exact) mass is 137 g/mol. The molecule has 8 heavy (non-hydrogen) atoms. The lowest BCUT2D eigenvalue weighted by molar-refractivity contribution is 0.222. The lowest BCUT2D eigenvalue weighted by Gasteiger charge is -1.90. The van der Waals surface area contributed by atoms with Crippen LogP contribution in [0.3, 0.4) is 0 Å². The van der Waals surface area contributed by atoms with E-state index in [2.05, 4.69) is 4.74 Å². The van der Waals surface area contributed by atoms with Gasteiger partial charge in [-0.25, -0.2) is 8.42 Å². The van der Waals surface area contributed by atoms with Crippen LogP contribution in [0.5, 0.6) is 0 Å². The molecule has 0 saturated heterocycles. The second-order valence-corrected chi connectivity index (χ2v) is 2.17. The molecular formula is C4H9O3S. The van der Waals surface area contributed by atoms with Gasteiger partial charge >= 0.3 is 0 Å². The third-order valence-corrected chi connectivity index (χ3v) is 0.955. The van der Waals surface area contributed by atoms with E-state index in [1.807, 2.05) is 0 Å². The highest BCUT2D eigenvalue weighted by Crippen LogP contribution is 1.79. The van der Waals surface area contributed by atoms with E-state index in [1.54, 1.807) is 6.92 Å². The van der Waals surface area contributed by atoms with Gasteiger partial charge in [-0.1, -0.05) is 0 Å². The summed E-state index contributed by atoms with van der Waals surface area (Å²) >= 11 is 0. The molecule has 0 rings (SSSR count). The molecule has 4 heteroatoms. The molecule has 0 bridgehead atoms. The van der Waals surface area contributed by atoms with Crippen LogP contribution in [-0.2, 0) is 15.4 Å². The highest BCUT2D eigenvalue weighted by molar-refractivity contribution is 7.72. The molecule has 3 nitrogen and oxygen atoms in total. The Morgan fingerprint density at radius 3 is 2.62 bits per heavy atom. The summed E-state index contributed by atoms with van der Waals surface area (Å²) in [5.41, 5.74) is 0. The summed E-state index contributed by atoms with van der Waals surface area (Å²) in [5.74, 6) is 0.0170. The fourth-order valence-corrected chi connectivity index (χ4v) is 0.459. The zero-order chi connectivity index (χ0) is 6.41. The van der Waals surface area contributed by atoms with E-state index >= 15 is 0 Å². The first-order valence-electron chi connectivity index (χ1n) is 2.32. The predicted molar refractivity (Wildman–Crippen MR) is 31.1 cm³/mol. The topological polar surface area (TPSA) is 43.4 Å². The lowest BCUT2D eigenvalue weighted by Crippen LogP contribution is -1.92. The normalized spacial score (nSPS) is 10.2. The standard InChI is InChI=1S/C4H9O3S/c1-2-7-3-4-8(5)6/h3,8H,2,4H2,1H3. The third kappa shape index (κ3) is 5.91. The molecule has 0 atom stereocenters. The molecule has 0 fully saturated rings. The smallest absolute Gasteiger partial charge is 0.142 e. The van der Waals surface area contributed by atoms with Gasteiger partial charge in [0.2, 0.25) is 0 Å². The van der Waals surface area contributed by atoms with Crippen molar-refractivity contribution in [2.45, 2.75) is 6.92 Å². The Balaban J connectivity index is 2.94. The van der Waals surface area contributed by atoms with Crippen LogP contribution >= 0.6 is 0 Å². The zero-order valence-corrected chi connectivity index (χ0v) is 5.56. The second-order valence-electron chi connectivity index (χ2n) is 1.14. The summed E-state index contributed by atoms with van der Waals surface area (Å²) in [6.07, 6.45) is 0. The Kier molecular flexibility index (Phi) is 5.00. The van der Waals surface area contributed by atoms with Gasteiger partial charge in [0.05, 0.1) is 12.4 Å². The number of hydrogen-bond acceptors (Lipinski definition) is 3. The van der Waals surface area contributed by atoms with Crippen LogP contribution in [0.25, 0.3) is 0 Å². The molecule has 1 radical (unpaired) electrons. The maximum atomic E-state index is 9.80. The van der Waals surface area contributed by atoms with Crippen molar-refractivity contribution in [1.82, 2.24) is 0 Å². The van der Waals surface area contributed by atoms with Gasteiger partial charge in [-0.05, 0) is 6.92 Å². The van der Waals surface area contributed by atoms with Gasteiger partial charge in [-0.2, -0.15) is 0 Å². The van der Waals surface area contributed by atoms with E-state index in [0.717, 1.165) is 0 Å². The number of hydrogen-bond donors (Lipinski definition) is 1. The average molecular weight is 137 g/mol. The Labute approximate surface area is 50.6 Å². The maximum absolute atomic E-state index is 9.80. The molecule has 0 saturated carbocycles. The summed E-state index contributed by atoms with van der Waals surface area (Å²) in [6.45, 7) is 3.61. The van der Waals surface area contributed by atoms with Crippen molar-refractivity contribution in [3.05, 3.63) is 6.61 Å². The summed E-state index contributed by atoms with van der Waals surface area (Å²) in [4.78, 5) is 0. The number of thiol groups is 1. The first kappa shape index (κ1) is 7.91. The van der Waals surface area contributed by atoms with Crippen molar-refractivity contribution >= 4 is 10.7 Å². The van der Waals surface area contributed by atoms with E-state index in [1.165, 1.54) is 6.61 Å². The molecule has 0 heterocycles. The third-order valence-electron chi connectivity index (χ3n) is 0.508. The maximum Gasteiger partial charge on any atom is 0.142 e. The van der Waals surface area contributed by atoms with Crippen LogP contribution in [0.15, 0.2) is 0 Å². The summed E-state index contributed by atoms with van der Waals surface area (Å²) < 4.78 is 24.2. The van der Waals surface area contributed by atoms with E-state index < -0.39 is 10.7 Å². The van der Waals surface area contributed by atoms with E-state index in [-0.39, 0.29) is 5.75 Å². The van der Waals surface area contributed by atoms with E-state index in [4.69, 9.17) is 0 Å². The fraction of sp³-hybridized carbons (Fsp3) is 0.750. The van der Waals surface area contributed by atoms with E-state index in [9.17, 15) is 8.42 Å². The van der Waals surface area contributed by atoms with Gasteiger partial charge in [-0.15, -0.1) is 0 Å². The van der Waals surface area contributed by atoms with Gasteiger partial charge in [0.1, 0.15) is 10.7 Å². The van der Waals surface area contributed by atoms with Crippen molar-refractivity contribution < 1.29 is 13.2 Å². The summed E-state index contributed by atoms with van der Waals surface area (Å²) in [6, 6.07) is 0. The Morgan fingerprint density at radius 1 is 1.62 bits per heavy atom. The molecular weight excluding hydrogens is 128 g/mol. The minimum absolute atomic E-state index is 0.0170. The van der Waals surface area contributed by atoms with Crippen LogP contribution in [0.2, 0.25) is 0 Å². The highest BCUT2D eigenvalue weighted by Gasteiger charge is 1.85. The van der Waals surface area contributed by atoms with Gasteiger partial charge in [0.15, 0.2) is 0 Å². The number of rotatable bonds is 4. The molecule has 0 amide bonds. The summed E-state index contributed by atoms with van der Waals surface area (Å²) in [7, 11) is -2.29. The molecule has 0 aliphatic heterocycles. The van der Waals surface area contributed by atoms with Crippen molar-refractivity contribution in [3.63, 3.8) is 0 Å². The Bertz CT molecular complexity index is 99.9. The molecule has 0 aromatic rings. The second kappa shape index (κ2) is 5.05. The predicted octanol–water partition coefficient (Wildman–Crippen LogP) is -0.204. The van der Waals surface area contributed by atoms with Crippen molar-refractivity contribution in [1.29, 1.82) is 0 Å². The van der Waals surface area contributed by atoms with Crippen LogP contribution < -0.4 is 0 Å². The van der Waals surface area contributed by atoms with Crippen LogP contribution in [0, 0.1) is 6.61 Å². The number of ether oxygens (including phenoxy) is 1. The molecule has 0 spiro atoms. The first-order valence-corrected chi connectivity index (χ1v) is 3.68. The Morgan fingerprint density at radius 2 is 2.25 bits per heavy atom. The summed E-state index contributed by atoms with van der Waals surface area (Å²) in [5, 5.41) is 0. The van der Waals surface area contributed by atoms with Crippen LogP contribution in [-0.4, -0.2) is 20.8 Å². The molecule has 0 aliphatic carbocycles.